The van der Waals surface area contributed by atoms with Crippen LogP contribution in [0, 0.1) is 5.82 Å². The Kier molecular flexibility index (Phi) is 7.06. The van der Waals surface area contributed by atoms with Gasteiger partial charge in [0.2, 0.25) is 10.0 Å². The third kappa shape index (κ3) is 4.16. The summed E-state index contributed by atoms with van der Waals surface area (Å²) in [7, 11) is -3.66. The van der Waals surface area contributed by atoms with Crippen molar-refractivity contribution in [2.75, 3.05) is 13.1 Å². The fourth-order valence-corrected chi connectivity index (χ4v) is 4.53. The zero-order chi connectivity index (χ0) is 14.8. The van der Waals surface area contributed by atoms with E-state index in [0.29, 0.717) is 19.5 Å². The minimum absolute atomic E-state index is 0. The second-order valence-corrected chi connectivity index (χ2v) is 7.66. The molecule has 1 fully saturated rings. The van der Waals surface area contributed by atoms with Gasteiger partial charge in [-0.05, 0) is 59.9 Å². The Bertz CT molecular complexity index is 584. The Labute approximate surface area is 139 Å². The van der Waals surface area contributed by atoms with E-state index in [-0.39, 0.29) is 27.8 Å². The van der Waals surface area contributed by atoms with Crippen molar-refractivity contribution in [3.8, 4) is 0 Å². The van der Waals surface area contributed by atoms with Crippen LogP contribution < -0.4 is 5.73 Å². The molecule has 2 rings (SSSR count). The normalized spacial score (nSPS) is 20.0. The van der Waals surface area contributed by atoms with Gasteiger partial charge < -0.3 is 5.73 Å². The van der Waals surface area contributed by atoms with E-state index in [1.54, 1.807) is 0 Å². The van der Waals surface area contributed by atoms with Crippen molar-refractivity contribution in [2.45, 2.75) is 36.6 Å². The van der Waals surface area contributed by atoms with E-state index < -0.39 is 15.8 Å². The summed E-state index contributed by atoms with van der Waals surface area (Å²) in [5, 5.41) is 0. The molecule has 0 bridgehead atoms. The largest absolute Gasteiger partial charge is 0.330 e. The van der Waals surface area contributed by atoms with E-state index in [1.165, 1.54) is 16.4 Å². The molecule has 1 aromatic carbocycles. The summed E-state index contributed by atoms with van der Waals surface area (Å²) >= 11 is 3.03. The van der Waals surface area contributed by atoms with Crippen LogP contribution in [0.3, 0.4) is 0 Å². The first-order valence-corrected chi connectivity index (χ1v) is 8.87. The number of sulfonamides is 1. The zero-order valence-electron chi connectivity index (χ0n) is 11.5. The summed E-state index contributed by atoms with van der Waals surface area (Å²) in [5.41, 5.74) is 5.56. The van der Waals surface area contributed by atoms with Crippen LogP contribution in [-0.4, -0.2) is 31.9 Å². The van der Waals surface area contributed by atoms with Crippen molar-refractivity contribution in [3.63, 3.8) is 0 Å². The molecule has 8 heteroatoms. The lowest BCUT2D eigenvalue weighted by Crippen LogP contribution is -2.44. The average Bonchev–Trinajstić information content (AvgIpc) is 2.42. The summed E-state index contributed by atoms with van der Waals surface area (Å²) in [5.74, 6) is -0.571. The van der Waals surface area contributed by atoms with Gasteiger partial charge in [-0.3, -0.25) is 0 Å². The summed E-state index contributed by atoms with van der Waals surface area (Å²) < 4.78 is 40.6. The Hall–Kier alpha value is -0.210. The third-order valence-corrected chi connectivity index (χ3v) is 6.16. The molecule has 0 spiro atoms. The molecule has 0 radical (unpaired) electrons. The lowest BCUT2D eigenvalue weighted by molar-refractivity contribution is 0.243. The molecule has 1 aromatic rings. The summed E-state index contributed by atoms with van der Waals surface area (Å²) in [6, 6.07) is 3.83. The topological polar surface area (TPSA) is 63.4 Å². The van der Waals surface area contributed by atoms with Crippen LogP contribution in [0.15, 0.2) is 27.6 Å². The van der Waals surface area contributed by atoms with Gasteiger partial charge in [-0.2, -0.15) is 4.31 Å². The molecule has 4 nitrogen and oxygen atoms in total. The van der Waals surface area contributed by atoms with E-state index in [1.807, 2.05) is 0 Å². The van der Waals surface area contributed by atoms with Crippen molar-refractivity contribution in [1.82, 2.24) is 4.31 Å². The monoisotopic (exact) mass is 400 g/mol. The minimum Gasteiger partial charge on any atom is -0.330 e. The van der Waals surface area contributed by atoms with Crippen molar-refractivity contribution >= 4 is 38.4 Å². The molecule has 1 saturated heterocycles. The second-order valence-electron chi connectivity index (χ2n) is 4.92. The minimum atomic E-state index is -3.66. The summed E-state index contributed by atoms with van der Waals surface area (Å²) in [4.78, 5) is 0.00196. The van der Waals surface area contributed by atoms with Crippen LogP contribution >= 0.6 is 28.3 Å². The molecule has 120 valence electrons. The number of piperidine rings is 1. The third-order valence-electron chi connectivity index (χ3n) is 3.57. The highest BCUT2D eigenvalue weighted by atomic mass is 79.9. The fraction of sp³-hybridized carbons (Fsp3) is 0.538. The molecule has 1 aliphatic heterocycles. The van der Waals surface area contributed by atoms with Gasteiger partial charge in [0.1, 0.15) is 5.82 Å². The molecule has 21 heavy (non-hydrogen) atoms. The average molecular weight is 402 g/mol. The zero-order valence-corrected chi connectivity index (χ0v) is 14.7. The Morgan fingerprint density at radius 1 is 1.38 bits per heavy atom. The number of hydrogen-bond acceptors (Lipinski definition) is 3. The highest BCUT2D eigenvalue weighted by molar-refractivity contribution is 9.10. The summed E-state index contributed by atoms with van der Waals surface area (Å²) in [6.07, 6.45) is 3.29. The lowest BCUT2D eigenvalue weighted by atomic mass is 10.0. The quantitative estimate of drug-likeness (QED) is 0.844. The van der Waals surface area contributed by atoms with E-state index in [0.717, 1.165) is 25.3 Å². The van der Waals surface area contributed by atoms with Crippen molar-refractivity contribution in [2.24, 2.45) is 5.73 Å². The predicted octanol–water partition coefficient (Wildman–Crippen LogP) is 2.90. The van der Waals surface area contributed by atoms with Gasteiger partial charge >= 0.3 is 0 Å². The predicted molar refractivity (Wildman–Crippen MR) is 86.6 cm³/mol. The Morgan fingerprint density at radius 3 is 2.71 bits per heavy atom. The first-order valence-electron chi connectivity index (χ1n) is 6.64. The van der Waals surface area contributed by atoms with E-state index in [4.69, 9.17) is 5.73 Å². The molecule has 0 aromatic heterocycles. The fourth-order valence-electron chi connectivity index (χ4n) is 2.54. The molecule has 1 atom stereocenters. The first kappa shape index (κ1) is 18.8. The molecule has 0 saturated carbocycles. The van der Waals surface area contributed by atoms with Crippen LogP contribution in [0.1, 0.15) is 25.7 Å². The number of nitrogens with two attached hydrogens (primary N) is 1. The first-order chi connectivity index (χ1) is 9.46. The molecule has 1 heterocycles. The Balaban J connectivity index is 0.00000220. The molecular weight excluding hydrogens is 383 g/mol. The smallest absolute Gasteiger partial charge is 0.243 e. The number of benzene rings is 1. The lowest BCUT2D eigenvalue weighted by Gasteiger charge is -2.34. The van der Waals surface area contributed by atoms with Gasteiger partial charge in [-0.15, -0.1) is 12.4 Å². The summed E-state index contributed by atoms with van der Waals surface area (Å²) in [6.45, 7) is 0.927. The number of hydrogen-bond donors (Lipinski definition) is 1. The van der Waals surface area contributed by atoms with Gasteiger partial charge in [-0.1, -0.05) is 6.42 Å². The number of halogens is 3. The SMILES string of the molecule is Cl.NCCC1CCCCN1S(=O)(=O)c1ccc(Br)c(F)c1. The van der Waals surface area contributed by atoms with Crippen molar-refractivity contribution < 1.29 is 12.8 Å². The van der Waals surface area contributed by atoms with Gasteiger partial charge in [-0.25, -0.2) is 12.8 Å². The maximum absolute atomic E-state index is 13.6. The molecule has 1 aliphatic rings. The molecule has 2 N–H and O–H groups in total. The van der Waals surface area contributed by atoms with Gasteiger partial charge in [0.25, 0.3) is 0 Å². The van der Waals surface area contributed by atoms with Crippen LogP contribution in [0.5, 0.6) is 0 Å². The second kappa shape index (κ2) is 7.87. The number of rotatable bonds is 4. The Morgan fingerprint density at radius 2 is 2.10 bits per heavy atom. The van der Waals surface area contributed by atoms with Gasteiger partial charge in [0.05, 0.1) is 9.37 Å². The maximum atomic E-state index is 13.6. The van der Waals surface area contributed by atoms with Crippen molar-refractivity contribution in [3.05, 3.63) is 28.5 Å². The van der Waals surface area contributed by atoms with Crippen LogP contribution in [0.25, 0.3) is 0 Å². The highest BCUT2D eigenvalue weighted by Gasteiger charge is 2.33. The van der Waals surface area contributed by atoms with Crippen LogP contribution in [-0.2, 0) is 10.0 Å². The number of nitrogens with zero attached hydrogens (tertiary/aromatic N) is 1. The van der Waals surface area contributed by atoms with Gasteiger partial charge in [0, 0.05) is 12.6 Å². The van der Waals surface area contributed by atoms with Crippen molar-refractivity contribution in [1.29, 1.82) is 0 Å². The van der Waals surface area contributed by atoms with Crippen LogP contribution in [0.4, 0.5) is 4.39 Å². The van der Waals surface area contributed by atoms with E-state index >= 15 is 0 Å². The van der Waals surface area contributed by atoms with E-state index in [2.05, 4.69) is 15.9 Å². The van der Waals surface area contributed by atoms with E-state index in [9.17, 15) is 12.8 Å². The molecule has 0 aliphatic carbocycles. The highest BCUT2D eigenvalue weighted by Crippen LogP contribution is 2.28. The van der Waals surface area contributed by atoms with Gasteiger partial charge in [0.15, 0.2) is 0 Å². The standard InChI is InChI=1S/C13H18BrFN2O2S.ClH/c14-12-5-4-11(9-13(12)15)20(18,19)17-8-2-1-3-10(17)6-7-16;/h4-5,9-10H,1-3,6-8,16H2;1H. The molecule has 1 unspecified atom stereocenters. The maximum Gasteiger partial charge on any atom is 0.243 e. The molecular formula is C13H19BrClFN2O2S. The molecule has 0 amide bonds. The van der Waals surface area contributed by atoms with Crippen LogP contribution in [0.2, 0.25) is 0 Å².